The number of aromatic nitrogens is 1. The van der Waals surface area contributed by atoms with Gasteiger partial charge in [0.1, 0.15) is 5.82 Å². The Morgan fingerprint density at radius 3 is 2.00 bits per heavy atom. The molecule has 1 aromatic heterocycles. The van der Waals surface area contributed by atoms with Crippen LogP contribution in [0.2, 0.25) is 0 Å². The lowest BCUT2D eigenvalue weighted by atomic mass is 10.1. The average Bonchev–Trinajstić information content (AvgIpc) is 2.76. The van der Waals surface area contributed by atoms with Gasteiger partial charge in [0.25, 0.3) is 5.91 Å². The summed E-state index contributed by atoms with van der Waals surface area (Å²) >= 11 is 0. The largest absolute Gasteiger partial charge is 0.465 e. The Morgan fingerprint density at radius 2 is 1.52 bits per heavy atom. The smallest absolute Gasteiger partial charge is 0.340 e. The summed E-state index contributed by atoms with van der Waals surface area (Å²) in [5.74, 6) is -2.22. The fourth-order valence-electron chi connectivity index (χ4n) is 2.25. The zero-order valence-electron chi connectivity index (χ0n) is 16.0. The highest BCUT2D eigenvalue weighted by atomic mass is 16.5. The van der Waals surface area contributed by atoms with Crippen molar-refractivity contribution in [3.63, 3.8) is 0 Å². The summed E-state index contributed by atoms with van der Waals surface area (Å²) in [6, 6.07) is 7.00. The number of benzene rings is 1. The first-order valence-electron chi connectivity index (χ1n) is 8.30. The molecule has 152 valence electrons. The molecule has 0 saturated heterocycles. The Bertz CT molecular complexity index is 892. The molecule has 0 aliphatic carbocycles. The Hall–Kier alpha value is -3.95. The summed E-state index contributed by atoms with van der Waals surface area (Å²) in [6.07, 6.45) is 1.31. The van der Waals surface area contributed by atoms with Crippen LogP contribution in [0.5, 0.6) is 0 Å². The van der Waals surface area contributed by atoms with Crippen molar-refractivity contribution in [2.75, 3.05) is 38.5 Å². The van der Waals surface area contributed by atoms with Gasteiger partial charge in [0.15, 0.2) is 6.61 Å². The van der Waals surface area contributed by atoms with Gasteiger partial charge in [-0.3, -0.25) is 4.79 Å². The molecule has 0 aliphatic rings. The van der Waals surface area contributed by atoms with Gasteiger partial charge in [0, 0.05) is 18.9 Å². The molecule has 2 aromatic rings. The van der Waals surface area contributed by atoms with E-state index in [1.165, 1.54) is 44.7 Å². The minimum Gasteiger partial charge on any atom is -0.465 e. The summed E-state index contributed by atoms with van der Waals surface area (Å²) in [5, 5.41) is 5.26. The van der Waals surface area contributed by atoms with Gasteiger partial charge < -0.3 is 24.8 Å². The topological polar surface area (TPSA) is 133 Å². The molecule has 1 aromatic carbocycles. The van der Waals surface area contributed by atoms with Gasteiger partial charge in [0.05, 0.1) is 30.9 Å². The number of hydrogen-bond donors (Lipinski definition) is 2. The molecule has 1 amide bonds. The maximum atomic E-state index is 12.1. The molecule has 29 heavy (non-hydrogen) atoms. The number of anilines is 2. The number of ether oxygens (including phenoxy) is 3. The normalized spacial score (nSPS) is 9.90. The van der Waals surface area contributed by atoms with Crippen molar-refractivity contribution >= 4 is 35.3 Å². The molecule has 0 aliphatic heterocycles. The van der Waals surface area contributed by atoms with Crippen molar-refractivity contribution in [3.05, 3.63) is 53.2 Å². The van der Waals surface area contributed by atoms with Crippen LogP contribution in [0.15, 0.2) is 36.5 Å². The molecule has 10 heteroatoms. The van der Waals surface area contributed by atoms with Gasteiger partial charge in [-0.2, -0.15) is 0 Å². The first-order chi connectivity index (χ1) is 13.9. The molecule has 2 N–H and O–H groups in total. The summed E-state index contributed by atoms with van der Waals surface area (Å²) in [6.45, 7) is -0.581. The van der Waals surface area contributed by atoms with E-state index in [-0.39, 0.29) is 22.4 Å². The first-order valence-corrected chi connectivity index (χ1v) is 8.30. The van der Waals surface area contributed by atoms with E-state index in [9.17, 15) is 19.2 Å². The molecule has 0 unspecified atom stereocenters. The van der Waals surface area contributed by atoms with Gasteiger partial charge in [-0.25, -0.2) is 19.4 Å². The molecule has 0 saturated carbocycles. The number of esters is 3. The predicted molar refractivity (Wildman–Crippen MR) is 102 cm³/mol. The number of methoxy groups -OCH3 is 2. The third-order valence-corrected chi connectivity index (χ3v) is 3.65. The Balaban J connectivity index is 2.05. The van der Waals surface area contributed by atoms with Gasteiger partial charge >= 0.3 is 17.9 Å². The highest BCUT2D eigenvalue weighted by molar-refractivity contribution is 6.00. The fraction of sp³-hybridized carbons (Fsp3) is 0.211. The van der Waals surface area contributed by atoms with Crippen molar-refractivity contribution in [3.8, 4) is 0 Å². The molecular weight excluding hydrogens is 382 g/mol. The Labute approximate surface area is 166 Å². The number of carbonyl (C=O) groups is 4. The zero-order valence-corrected chi connectivity index (χ0v) is 16.0. The third kappa shape index (κ3) is 5.76. The Morgan fingerprint density at radius 1 is 0.897 bits per heavy atom. The number of amides is 1. The van der Waals surface area contributed by atoms with Gasteiger partial charge in [-0.05, 0) is 30.3 Å². The predicted octanol–water partition coefficient (Wildman–Crippen LogP) is 1.49. The van der Waals surface area contributed by atoms with E-state index in [2.05, 4.69) is 25.1 Å². The molecule has 0 radical (unpaired) electrons. The van der Waals surface area contributed by atoms with Crippen molar-refractivity contribution in [2.45, 2.75) is 0 Å². The van der Waals surface area contributed by atoms with E-state index in [0.717, 1.165) is 0 Å². The van der Waals surface area contributed by atoms with E-state index in [0.29, 0.717) is 5.82 Å². The first kappa shape index (κ1) is 21.4. The summed E-state index contributed by atoms with van der Waals surface area (Å²) in [4.78, 5) is 51.6. The highest BCUT2D eigenvalue weighted by Crippen LogP contribution is 2.17. The summed E-state index contributed by atoms with van der Waals surface area (Å²) < 4.78 is 14.2. The van der Waals surface area contributed by atoms with Crippen molar-refractivity contribution in [1.29, 1.82) is 0 Å². The van der Waals surface area contributed by atoms with E-state index >= 15 is 0 Å². The monoisotopic (exact) mass is 401 g/mol. The van der Waals surface area contributed by atoms with Crippen molar-refractivity contribution in [2.24, 2.45) is 0 Å². The quantitative estimate of drug-likeness (QED) is 0.523. The molecule has 0 atom stereocenters. The fourth-order valence-corrected chi connectivity index (χ4v) is 2.25. The van der Waals surface area contributed by atoms with Gasteiger partial charge in [-0.15, -0.1) is 0 Å². The van der Waals surface area contributed by atoms with Crippen LogP contribution in [-0.2, 0) is 19.0 Å². The maximum Gasteiger partial charge on any atom is 0.340 e. The lowest BCUT2D eigenvalue weighted by Gasteiger charge is -2.10. The number of nitrogens with zero attached hydrogens (tertiary/aromatic N) is 1. The average molecular weight is 401 g/mol. The standard InChI is InChI=1S/C19H19N3O7/c1-20-15-5-4-11(9-21-15)19(26)29-10-16(23)22-14-7-12(17(24)27-2)6-13(8-14)18(25)28-3/h4-9H,10H2,1-3H3,(H,20,21)(H,22,23). The van der Waals surface area contributed by atoms with Crippen LogP contribution in [0.3, 0.4) is 0 Å². The number of pyridine rings is 1. The number of hydrogen-bond acceptors (Lipinski definition) is 9. The van der Waals surface area contributed by atoms with Crippen LogP contribution in [0.25, 0.3) is 0 Å². The van der Waals surface area contributed by atoms with Crippen LogP contribution >= 0.6 is 0 Å². The molecule has 0 fully saturated rings. The SMILES string of the molecule is CNc1ccc(C(=O)OCC(=O)Nc2cc(C(=O)OC)cc(C(=O)OC)c2)cn1. The van der Waals surface area contributed by atoms with Crippen LogP contribution in [0.4, 0.5) is 11.5 Å². The minimum absolute atomic E-state index is 0.0402. The number of carbonyl (C=O) groups excluding carboxylic acids is 4. The lowest BCUT2D eigenvalue weighted by Crippen LogP contribution is -2.21. The van der Waals surface area contributed by atoms with E-state index in [4.69, 9.17) is 4.74 Å². The summed E-state index contributed by atoms with van der Waals surface area (Å²) in [7, 11) is 4.05. The molecule has 0 spiro atoms. The summed E-state index contributed by atoms with van der Waals surface area (Å²) in [5.41, 5.74) is 0.392. The van der Waals surface area contributed by atoms with Crippen LogP contribution < -0.4 is 10.6 Å². The third-order valence-electron chi connectivity index (χ3n) is 3.65. The highest BCUT2D eigenvalue weighted by Gasteiger charge is 2.16. The lowest BCUT2D eigenvalue weighted by molar-refractivity contribution is -0.119. The molecule has 10 nitrogen and oxygen atoms in total. The second-order valence-electron chi connectivity index (χ2n) is 5.59. The molecule has 0 bridgehead atoms. The van der Waals surface area contributed by atoms with Crippen LogP contribution in [0, 0.1) is 0 Å². The molecular formula is C19H19N3O7. The maximum absolute atomic E-state index is 12.1. The van der Waals surface area contributed by atoms with Crippen molar-refractivity contribution < 1.29 is 33.4 Å². The van der Waals surface area contributed by atoms with Crippen molar-refractivity contribution in [1.82, 2.24) is 4.98 Å². The van der Waals surface area contributed by atoms with Gasteiger partial charge in [-0.1, -0.05) is 0 Å². The zero-order chi connectivity index (χ0) is 21.4. The second-order valence-corrected chi connectivity index (χ2v) is 5.59. The Kier molecular flexibility index (Phi) is 7.24. The van der Waals surface area contributed by atoms with E-state index in [1.807, 2.05) is 0 Å². The molecule has 1 heterocycles. The number of nitrogens with one attached hydrogen (secondary N) is 2. The second kappa shape index (κ2) is 9.83. The van der Waals surface area contributed by atoms with Gasteiger partial charge in [0.2, 0.25) is 0 Å². The van der Waals surface area contributed by atoms with E-state index < -0.39 is 30.4 Å². The molecule has 2 rings (SSSR count). The van der Waals surface area contributed by atoms with E-state index in [1.54, 1.807) is 13.1 Å². The minimum atomic E-state index is -0.728. The number of rotatable bonds is 7. The van der Waals surface area contributed by atoms with Crippen LogP contribution in [0.1, 0.15) is 31.1 Å². The van der Waals surface area contributed by atoms with Crippen LogP contribution in [-0.4, -0.2) is 56.7 Å².